The Kier molecular flexibility index (Phi) is 7.62. The van der Waals surface area contributed by atoms with Gasteiger partial charge in [-0.2, -0.15) is 4.98 Å². The summed E-state index contributed by atoms with van der Waals surface area (Å²) in [6.07, 6.45) is 3.09. The first-order chi connectivity index (χ1) is 16.8. The summed E-state index contributed by atoms with van der Waals surface area (Å²) < 4.78 is 24.7. The number of hydrogen-bond acceptors (Lipinski definition) is 7. The highest BCUT2D eigenvalue weighted by atomic mass is 19.1. The number of aliphatic hydroxyl groups is 2. The Bertz CT molecular complexity index is 1150. The van der Waals surface area contributed by atoms with E-state index in [-0.39, 0.29) is 24.8 Å². The molecule has 8 heteroatoms. The third kappa shape index (κ3) is 5.44. The predicted octanol–water partition coefficient (Wildman–Crippen LogP) is 4.24. The van der Waals surface area contributed by atoms with Gasteiger partial charge in [-0.1, -0.05) is 23.7 Å². The van der Waals surface area contributed by atoms with E-state index in [1.165, 1.54) is 12.1 Å². The van der Waals surface area contributed by atoms with Crippen LogP contribution >= 0.6 is 0 Å². The summed E-state index contributed by atoms with van der Waals surface area (Å²) in [5.41, 5.74) is 2.65. The van der Waals surface area contributed by atoms with Crippen LogP contribution in [0.25, 0.3) is 11.4 Å². The molecule has 1 fully saturated rings. The number of aryl methyl sites for hydroxylation is 3. The molecule has 0 saturated heterocycles. The number of halogens is 1. The van der Waals surface area contributed by atoms with Crippen LogP contribution in [-0.2, 0) is 16.6 Å². The van der Waals surface area contributed by atoms with E-state index in [2.05, 4.69) is 10.1 Å². The molecule has 1 saturated carbocycles. The van der Waals surface area contributed by atoms with Crippen molar-refractivity contribution in [1.82, 2.24) is 10.1 Å². The molecule has 2 N–H and O–H groups in total. The number of carbonyl (C=O) groups is 1. The van der Waals surface area contributed by atoms with Gasteiger partial charge in [0, 0.05) is 18.4 Å². The third-order valence-electron chi connectivity index (χ3n) is 6.77. The number of rotatable bonds is 9. The van der Waals surface area contributed by atoms with Gasteiger partial charge in [0.05, 0.1) is 12.0 Å². The zero-order valence-corrected chi connectivity index (χ0v) is 20.1. The smallest absolute Gasteiger partial charge is 0.227 e. The summed E-state index contributed by atoms with van der Waals surface area (Å²) >= 11 is 0. The molecular weight excluding hydrogens is 451 g/mol. The number of hydrogen-bond donors (Lipinski definition) is 2. The van der Waals surface area contributed by atoms with Gasteiger partial charge < -0.3 is 19.5 Å². The predicted molar refractivity (Wildman–Crippen MR) is 128 cm³/mol. The average molecular weight is 483 g/mol. The summed E-state index contributed by atoms with van der Waals surface area (Å²) in [6, 6.07) is 10.0. The van der Waals surface area contributed by atoms with Gasteiger partial charge >= 0.3 is 0 Å². The van der Waals surface area contributed by atoms with Crippen LogP contribution in [0.4, 0.5) is 4.39 Å². The summed E-state index contributed by atoms with van der Waals surface area (Å²) in [4.78, 5) is 17.6. The van der Waals surface area contributed by atoms with Crippen LogP contribution in [0.15, 0.2) is 40.9 Å². The molecule has 2 aromatic carbocycles. The van der Waals surface area contributed by atoms with Gasteiger partial charge in [0.15, 0.2) is 0 Å². The van der Waals surface area contributed by atoms with Gasteiger partial charge in [0.2, 0.25) is 11.7 Å². The van der Waals surface area contributed by atoms with Crippen LogP contribution in [-0.4, -0.2) is 45.5 Å². The number of carbonyl (C=O) groups excluding carboxylic acids is 1. The molecule has 0 radical (unpaired) electrons. The van der Waals surface area contributed by atoms with Crippen molar-refractivity contribution >= 4 is 5.78 Å². The molecule has 4 rings (SSSR count). The SMILES string of the molecule is Cc1cc(-c2noc(CCC3(c4ccc(F)cc4)CCCCC3=O)n2)cc(C)c1OC[C@@H](O)CO. The zero-order valence-electron chi connectivity index (χ0n) is 20.1. The number of aliphatic hydroxyl groups excluding tert-OH is 2. The van der Waals surface area contributed by atoms with E-state index in [9.17, 15) is 14.3 Å². The Labute approximate surface area is 203 Å². The molecule has 1 aromatic heterocycles. The molecule has 0 bridgehead atoms. The second-order valence-corrected chi connectivity index (χ2v) is 9.32. The molecule has 35 heavy (non-hydrogen) atoms. The number of ketones is 1. The molecule has 1 unspecified atom stereocenters. The number of Topliss-reactive ketones (excluding diaryl/α,β-unsaturated/α-hetero) is 1. The maximum absolute atomic E-state index is 13.5. The second-order valence-electron chi connectivity index (χ2n) is 9.32. The molecule has 3 aromatic rings. The number of nitrogens with zero attached hydrogens (tertiary/aromatic N) is 2. The lowest BCUT2D eigenvalue weighted by atomic mass is 9.66. The van der Waals surface area contributed by atoms with E-state index < -0.39 is 11.5 Å². The topological polar surface area (TPSA) is 106 Å². The Morgan fingerprint density at radius 3 is 2.54 bits per heavy atom. The minimum Gasteiger partial charge on any atom is -0.490 e. The maximum atomic E-state index is 13.5. The van der Waals surface area contributed by atoms with Gasteiger partial charge in [-0.25, -0.2) is 4.39 Å². The first kappa shape index (κ1) is 25.0. The standard InChI is InChI=1S/C27H31FN2O5/c1-17-13-19(14-18(2)25(17)34-16-22(32)15-31)26-29-24(35-30-26)10-12-27(11-4-3-5-23(27)33)20-6-8-21(28)9-7-20/h6-9,13-14,22,31-32H,3-5,10-12,15-16H2,1-2H3/t22-,27?/m0/s1. The fourth-order valence-electron chi connectivity index (χ4n) is 4.91. The van der Waals surface area contributed by atoms with Gasteiger partial charge in [-0.3, -0.25) is 4.79 Å². The van der Waals surface area contributed by atoms with E-state index >= 15 is 0 Å². The lowest BCUT2D eigenvalue weighted by molar-refractivity contribution is -0.126. The van der Waals surface area contributed by atoms with Crippen molar-refractivity contribution in [2.75, 3.05) is 13.2 Å². The van der Waals surface area contributed by atoms with Crippen LogP contribution in [0.2, 0.25) is 0 Å². The summed E-state index contributed by atoms with van der Waals surface area (Å²) in [7, 11) is 0. The van der Waals surface area contributed by atoms with Crippen molar-refractivity contribution in [2.45, 2.75) is 63.9 Å². The van der Waals surface area contributed by atoms with E-state index in [4.69, 9.17) is 14.4 Å². The van der Waals surface area contributed by atoms with E-state index in [1.54, 1.807) is 12.1 Å². The van der Waals surface area contributed by atoms with Crippen LogP contribution in [0.1, 0.15) is 54.7 Å². The molecule has 0 spiro atoms. The lowest BCUT2D eigenvalue weighted by Crippen LogP contribution is -2.39. The molecule has 186 valence electrons. The van der Waals surface area contributed by atoms with Gasteiger partial charge in [-0.05, 0) is 74.1 Å². The Morgan fingerprint density at radius 2 is 1.89 bits per heavy atom. The fourth-order valence-corrected chi connectivity index (χ4v) is 4.91. The van der Waals surface area contributed by atoms with Crippen LogP contribution in [0, 0.1) is 19.7 Å². The zero-order chi connectivity index (χ0) is 25.0. The Balaban J connectivity index is 1.51. The first-order valence-corrected chi connectivity index (χ1v) is 12.0. The lowest BCUT2D eigenvalue weighted by Gasteiger charge is -2.36. The van der Waals surface area contributed by atoms with Gasteiger partial charge in [0.25, 0.3) is 0 Å². The molecule has 2 atom stereocenters. The molecular formula is C27H31FN2O5. The largest absolute Gasteiger partial charge is 0.490 e. The normalized spacial score (nSPS) is 19.1. The van der Waals surface area contributed by atoms with Gasteiger partial charge in [0.1, 0.15) is 30.1 Å². The average Bonchev–Trinajstić information content (AvgIpc) is 3.32. The summed E-state index contributed by atoms with van der Waals surface area (Å²) in [5.74, 6) is 1.39. The van der Waals surface area contributed by atoms with Gasteiger partial charge in [-0.15, -0.1) is 0 Å². The maximum Gasteiger partial charge on any atom is 0.227 e. The minimum absolute atomic E-state index is 0.00158. The van der Waals surface area contributed by atoms with Crippen molar-refractivity contribution in [3.05, 3.63) is 64.8 Å². The van der Waals surface area contributed by atoms with Crippen LogP contribution < -0.4 is 4.74 Å². The molecule has 1 heterocycles. The highest BCUT2D eigenvalue weighted by Crippen LogP contribution is 2.41. The van der Waals surface area contributed by atoms with E-state index in [0.29, 0.717) is 36.7 Å². The number of benzene rings is 2. The third-order valence-corrected chi connectivity index (χ3v) is 6.77. The van der Waals surface area contributed by atoms with Crippen molar-refractivity contribution in [2.24, 2.45) is 0 Å². The first-order valence-electron chi connectivity index (χ1n) is 12.0. The molecule has 1 aliphatic carbocycles. The highest BCUT2D eigenvalue weighted by molar-refractivity contribution is 5.90. The fraction of sp³-hybridized carbons (Fsp3) is 0.444. The molecule has 1 aliphatic rings. The monoisotopic (exact) mass is 482 g/mol. The Hall–Kier alpha value is -3.10. The molecule has 0 aliphatic heterocycles. The van der Waals surface area contributed by atoms with Crippen LogP contribution in [0.5, 0.6) is 5.75 Å². The number of aromatic nitrogens is 2. The van der Waals surface area contributed by atoms with Crippen molar-refractivity contribution in [3.8, 4) is 17.1 Å². The van der Waals surface area contributed by atoms with Crippen LogP contribution in [0.3, 0.4) is 0 Å². The number of ether oxygens (including phenoxy) is 1. The van der Waals surface area contributed by atoms with Crippen molar-refractivity contribution in [1.29, 1.82) is 0 Å². The van der Waals surface area contributed by atoms with Crippen molar-refractivity contribution < 1.29 is 28.7 Å². The second kappa shape index (κ2) is 10.7. The molecule has 0 amide bonds. The Morgan fingerprint density at radius 1 is 1.17 bits per heavy atom. The summed E-state index contributed by atoms with van der Waals surface area (Å²) in [5, 5.41) is 22.7. The summed E-state index contributed by atoms with van der Waals surface area (Å²) in [6.45, 7) is 3.41. The quantitative estimate of drug-likeness (QED) is 0.470. The van der Waals surface area contributed by atoms with Crippen molar-refractivity contribution in [3.63, 3.8) is 0 Å². The van der Waals surface area contributed by atoms with E-state index in [0.717, 1.165) is 41.5 Å². The highest BCUT2D eigenvalue weighted by Gasteiger charge is 2.41. The minimum atomic E-state index is -0.942. The molecule has 7 nitrogen and oxygen atoms in total. The van der Waals surface area contributed by atoms with E-state index in [1.807, 2.05) is 26.0 Å².